The van der Waals surface area contributed by atoms with Gasteiger partial charge < -0.3 is 19.1 Å². The predicted molar refractivity (Wildman–Crippen MR) is 201 cm³/mol. The summed E-state index contributed by atoms with van der Waals surface area (Å²) in [4.78, 5) is 42.6. The van der Waals surface area contributed by atoms with E-state index in [2.05, 4.69) is 65.6 Å². The molecule has 1 aromatic carbocycles. The van der Waals surface area contributed by atoms with Gasteiger partial charge in [0.25, 0.3) is 0 Å². The molecule has 5 aliphatic carbocycles. The van der Waals surface area contributed by atoms with Crippen molar-refractivity contribution in [1.29, 1.82) is 0 Å². The van der Waals surface area contributed by atoms with Crippen LogP contribution in [-0.2, 0) is 36.8 Å². The standard InChI is InChI=1S/C44H60N2O6/c1-39(2)32-17-21-44(7)33(14-13-28-29-27-41(4,38(50)51-8)23-22-40(29,3)24-25-43(28,44)6)42(32,5)20-18-34(39)52-37(49)19-26-46-31-12-10-9-11-30(31)45-35(46)15-16-36(47)48/h9-14,29,32,34H,15-27H2,1-8H3,(H,47,48)/t29-,32-,34-,40+,41-,42-,43+,44+/m0/s1. The number of esters is 2. The van der Waals surface area contributed by atoms with Gasteiger partial charge in [0.15, 0.2) is 0 Å². The number of aliphatic carboxylic acids is 1. The minimum atomic E-state index is -0.865. The van der Waals surface area contributed by atoms with Gasteiger partial charge in [-0.25, -0.2) is 4.98 Å². The number of aryl methyl sites for hydroxylation is 2. The van der Waals surface area contributed by atoms with Crippen LogP contribution in [-0.4, -0.2) is 45.8 Å². The van der Waals surface area contributed by atoms with E-state index in [0.29, 0.717) is 30.6 Å². The fourth-order valence-electron chi connectivity index (χ4n) is 12.5. The monoisotopic (exact) mass is 712 g/mol. The van der Waals surface area contributed by atoms with Crippen LogP contribution < -0.4 is 0 Å². The molecule has 0 saturated heterocycles. The van der Waals surface area contributed by atoms with Crippen molar-refractivity contribution in [3.8, 4) is 0 Å². The van der Waals surface area contributed by atoms with Crippen LogP contribution in [0.15, 0.2) is 47.6 Å². The second kappa shape index (κ2) is 12.6. The van der Waals surface area contributed by atoms with E-state index in [1.54, 1.807) is 11.1 Å². The molecule has 4 saturated carbocycles. The fraction of sp³-hybridized carbons (Fsp3) is 0.682. The Bertz CT molecular complexity index is 1850. The lowest BCUT2D eigenvalue weighted by Crippen LogP contribution is -2.61. The molecular formula is C44H60N2O6. The Morgan fingerprint density at radius 1 is 0.885 bits per heavy atom. The van der Waals surface area contributed by atoms with Crippen molar-refractivity contribution < 1.29 is 29.0 Å². The maximum atomic E-state index is 13.6. The molecule has 0 bridgehead atoms. The number of nitrogens with zero attached hydrogens (tertiary/aromatic N) is 2. The van der Waals surface area contributed by atoms with Crippen molar-refractivity contribution in [3.05, 3.63) is 53.4 Å². The summed E-state index contributed by atoms with van der Waals surface area (Å²) in [7, 11) is 1.53. The molecule has 0 radical (unpaired) electrons. The molecule has 282 valence electrons. The number of carbonyl (C=O) groups is 3. The van der Waals surface area contributed by atoms with Crippen LogP contribution in [0.4, 0.5) is 0 Å². The first-order valence-electron chi connectivity index (χ1n) is 19.8. The molecule has 5 aliphatic rings. The number of para-hydroxylation sites is 2. The average molecular weight is 713 g/mol. The maximum absolute atomic E-state index is 13.6. The fourth-order valence-corrected chi connectivity index (χ4v) is 12.5. The summed E-state index contributed by atoms with van der Waals surface area (Å²) in [6, 6.07) is 7.76. The molecule has 0 amide bonds. The normalized spacial score (nSPS) is 37.7. The number of aromatic nitrogens is 2. The highest BCUT2D eigenvalue weighted by molar-refractivity contribution is 5.77. The number of carboxylic acid groups (broad SMARTS) is 1. The van der Waals surface area contributed by atoms with Gasteiger partial charge in [0.05, 0.1) is 36.4 Å². The summed E-state index contributed by atoms with van der Waals surface area (Å²) >= 11 is 0. The Labute approximate surface area is 309 Å². The van der Waals surface area contributed by atoms with Crippen molar-refractivity contribution in [3.63, 3.8) is 0 Å². The number of carbonyl (C=O) groups excluding carboxylic acids is 2. The number of ether oxygens (including phenoxy) is 2. The van der Waals surface area contributed by atoms with Crippen LogP contribution in [0.5, 0.6) is 0 Å². The molecular weight excluding hydrogens is 652 g/mol. The number of hydrogen-bond acceptors (Lipinski definition) is 6. The highest BCUT2D eigenvalue weighted by atomic mass is 16.5. The lowest BCUT2D eigenvalue weighted by atomic mass is 9.36. The molecule has 1 heterocycles. The number of allylic oxidation sites excluding steroid dienone is 4. The first-order chi connectivity index (χ1) is 24.4. The minimum Gasteiger partial charge on any atom is -0.481 e. The number of carboxylic acids is 1. The summed E-state index contributed by atoms with van der Waals surface area (Å²) in [6.07, 6.45) is 14.5. The third-order valence-electron chi connectivity index (χ3n) is 16.0. The molecule has 8 nitrogen and oxygen atoms in total. The Morgan fingerprint density at radius 3 is 2.35 bits per heavy atom. The van der Waals surface area contributed by atoms with E-state index in [1.165, 1.54) is 20.0 Å². The zero-order valence-electron chi connectivity index (χ0n) is 32.8. The van der Waals surface area contributed by atoms with Gasteiger partial charge in [-0.1, -0.05) is 77.0 Å². The summed E-state index contributed by atoms with van der Waals surface area (Å²) in [6.45, 7) is 17.2. The molecule has 1 aromatic heterocycles. The van der Waals surface area contributed by atoms with E-state index in [-0.39, 0.29) is 58.0 Å². The van der Waals surface area contributed by atoms with Gasteiger partial charge in [0.1, 0.15) is 11.9 Å². The van der Waals surface area contributed by atoms with Gasteiger partial charge >= 0.3 is 17.9 Å². The van der Waals surface area contributed by atoms with Gasteiger partial charge in [0, 0.05) is 18.4 Å². The van der Waals surface area contributed by atoms with Gasteiger partial charge in [-0.05, 0) is 110 Å². The summed E-state index contributed by atoms with van der Waals surface area (Å²) in [5.41, 5.74) is 4.45. The Balaban J connectivity index is 1.11. The second-order valence-corrected chi connectivity index (χ2v) is 19.0. The number of rotatable bonds is 8. The molecule has 52 heavy (non-hydrogen) atoms. The van der Waals surface area contributed by atoms with E-state index in [1.807, 2.05) is 28.8 Å². The molecule has 8 atom stereocenters. The van der Waals surface area contributed by atoms with Crippen molar-refractivity contribution in [2.45, 2.75) is 138 Å². The summed E-state index contributed by atoms with van der Waals surface area (Å²) in [5.74, 6) is 0.282. The third-order valence-corrected chi connectivity index (χ3v) is 16.0. The quantitative estimate of drug-likeness (QED) is 0.272. The topological polar surface area (TPSA) is 108 Å². The van der Waals surface area contributed by atoms with Gasteiger partial charge in [-0.3, -0.25) is 14.4 Å². The Morgan fingerprint density at radius 2 is 1.62 bits per heavy atom. The van der Waals surface area contributed by atoms with Crippen molar-refractivity contribution in [2.24, 2.45) is 44.3 Å². The zero-order valence-corrected chi connectivity index (χ0v) is 32.8. The van der Waals surface area contributed by atoms with Gasteiger partial charge in [0.2, 0.25) is 0 Å². The van der Waals surface area contributed by atoms with E-state index < -0.39 is 11.4 Å². The van der Waals surface area contributed by atoms with Crippen LogP contribution in [0, 0.1) is 44.3 Å². The Kier molecular flexibility index (Phi) is 8.93. The van der Waals surface area contributed by atoms with Crippen LogP contribution in [0.2, 0.25) is 0 Å². The average Bonchev–Trinajstić information content (AvgIpc) is 3.45. The molecule has 7 rings (SSSR count). The third kappa shape index (κ3) is 5.51. The highest BCUT2D eigenvalue weighted by Gasteiger charge is 2.66. The van der Waals surface area contributed by atoms with Crippen LogP contribution in [0.1, 0.15) is 125 Å². The predicted octanol–water partition coefficient (Wildman–Crippen LogP) is 9.25. The smallest absolute Gasteiger partial charge is 0.311 e. The van der Waals surface area contributed by atoms with Gasteiger partial charge in [-0.2, -0.15) is 0 Å². The van der Waals surface area contributed by atoms with Crippen molar-refractivity contribution in [1.82, 2.24) is 9.55 Å². The SMILES string of the molecule is COC(=O)[C@@]1(C)CC[C@]2(C)CC[C@]3(C)C(=CC=C4[C@@]5(C)CC[C@H](OC(=O)CCn6c(CCC(=O)O)nc7ccccc76)C(C)(C)[C@@H]5CC[C@]43C)[C@@H]2C1. The van der Waals surface area contributed by atoms with Crippen molar-refractivity contribution >= 4 is 28.9 Å². The van der Waals surface area contributed by atoms with E-state index in [0.717, 1.165) is 56.0 Å². The summed E-state index contributed by atoms with van der Waals surface area (Å²) in [5, 5.41) is 9.29. The molecule has 0 unspecified atom stereocenters. The van der Waals surface area contributed by atoms with Gasteiger partial charge in [-0.15, -0.1) is 0 Å². The van der Waals surface area contributed by atoms with E-state index in [9.17, 15) is 19.5 Å². The van der Waals surface area contributed by atoms with E-state index >= 15 is 0 Å². The molecule has 8 heteroatoms. The maximum Gasteiger partial charge on any atom is 0.311 e. The number of fused-ring (bicyclic) bond motifs is 8. The minimum absolute atomic E-state index is 0.00688. The lowest BCUT2D eigenvalue weighted by molar-refractivity contribution is -0.175. The second-order valence-electron chi connectivity index (χ2n) is 19.0. The lowest BCUT2D eigenvalue weighted by Gasteiger charge is -2.68. The van der Waals surface area contributed by atoms with Crippen LogP contribution in [0.25, 0.3) is 11.0 Å². The Hall–Kier alpha value is -3.42. The summed E-state index contributed by atoms with van der Waals surface area (Å²) < 4.78 is 13.7. The zero-order chi connectivity index (χ0) is 37.5. The number of methoxy groups -OCH3 is 1. The number of benzene rings is 1. The van der Waals surface area contributed by atoms with E-state index in [4.69, 9.17) is 9.47 Å². The van der Waals surface area contributed by atoms with Crippen molar-refractivity contribution in [2.75, 3.05) is 7.11 Å². The number of imidazole rings is 1. The first kappa shape index (κ1) is 36.9. The number of hydrogen-bond donors (Lipinski definition) is 1. The first-order valence-corrected chi connectivity index (χ1v) is 19.8. The highest BCUT2D eigenvalue weighted by Crippen LogP contribution is 2.74. The molecule has 1 N–H and O–H groups in total. The molecule has 2 aromatic rings. The molecule has 0 spiro atoms. The van der Waals surface area contributed by atoms with Crippen LogP contribution in [0.3, 0.4) is 0 Å². The largest absolute Gasteiger partial charge is 0.481 e. The van der Waals surface area contributed by atoms with Crippen LogP contribution >= 0.6 is 0 Å². The molecule has 4 fully saturated rings. The molecule has 0 aliphatic heterocycles.